The van der Waals surface area contributed by atoms with Gasteiger partial charge < -0.3 is 11.1 Å². The van der Waals surface area contributed by atoms with Gasteiger partial charge in [-0.1, -0.05) is 0 Å². The van der Waals surface area contributed by atoms with Gasteiger partial charge in [-0.2, -0.15) is 0 Å². The molecule has 0 radical (unpaired) electrons. The number of hydrogen-bond acceptors (Lipinski definition) is 3. The lowest BCUT2D eigenvalue weighted by Gasteiger charge is -2.04. The van der Waals surface area contributed by atoms with Crippen molar-refractivity contribution in [1.82, 2.24) is 5.32 Å². The van der Waals surface area contributed by atoms with Crippen LogP contribution >= 0.6 is 11.8 Å². The zero-order valence-electron chi connectivity index (χ0n) is 7.51. The van der Waals surface area contributed by atoms with Crippen LogP contribution in [-0.2, 0) is 0 Å². The number of thioether (sulfide) groups is 1. The fourth-order valence-electron chi connectivity index (χ4n) is 0.896. The van der Waals surface area contributed by atoms with Crippen molar-refractivity contribution in [3.63, 3.8) is 0 Å². The second-order valence-electron chi connectivity index (χ2n) is 2.63. The minimum Gasteiger partial charge on any atom is -0.398 e. The molecule has 0 bridgehead atoms. The van der Waals surface area contributed by atoms with Crippen molar-refractivity contribution < 1.29 is 4.39 Å². The fourth-order valence-corrected chi connectivity index (χ4v) is 1.85. The number of benzene rings is 1. The molecule has 0 saturated carbocycles. The summed E-state index contributed by atoms with van der Waals surface area (Å²) >= 11 is 1.56. The highest BCUT2D eigenvalue weighted by Gasteiger charge is 2.00. The molecular formula is C9H13FN2S. The average Bonchev–Trinajstić information content (AvgIpc) is 2.11. The predicted octanol–water partition coefficient (Wildman–Crippen LogP) is 1.72. The molecule has 0 spiro atoms. The summed E-state index contributed by atoms with van der Waals surface area (Å²) in [6.45, 7) is 0.890. The van der Waals surface area contributed by atoms with Crippen molar-refractivity contribution in [2.45, 2.75) is 4.90 Å². The summed E-state index contributed by atoms with van der Waals surface area (Å²) < 4.78 is 12.8. The molecule has 1 aromatic rings. The lowest BCUT2D eigenvalue weighted by Crippen LogP contribution is -2.09. The molecule has 0 aliphatic heterocycles. The van der Waals surface area contributed by atoms with Gasteiger partial charge in [-0.25, -0.2) is 4.39 Å². The molecular weight excluding hydrogens is 187 g/mol. The molecule has 3 N–H and O–H groups in total. The Balaban J connectivity index is 2.59. The Morgan fingerprint density at radius 1 is 1.54 bits per heavy atom. The molecule has 1 rings (SSSR count). The van der Waals surface area contributed by atoms with Crippen LogP contribution < -0.4 is 11.1 Å². The van der Waals surface area contributed by atoms with Gasteiger partial charge in [-0.15, -0.1) is 11.8 Å². The van der Waals surface area contributed by atoms with E-state index < -0.39 is 0 Å². The van der Waals surface area contributed by atoms with Gasteiger partial charge in [0.2, 0.25) is 0 Å². The van der Waals surface area contributed by atoms with Crippen LogP contribution in [0.5, 0.6) is 0 Å². The molecule has 0 amide bonds. The summed E-state index contributed by atoms with van der Waals surface area (Å²) in [5.41, 5.74) is 6.30. The molecule has 4 heteroatoms. The van der Waals surface area contributed by atoms with E-state index in [0.717, 1.165) is 17.2 Å². The zero-order valence-corrected chi connectivity index (χ0v) is 8.33. The Labute approximate surface area is 81.7 Å². The first kappa shape index (κ1) is 10.3. The number of halogens is 1. The normalized spacial score (nSPS) is 10.3. The SMILES string of the molecule is CNCCSc1cc(F)ccc1N. The molecule has 2 nitrogen and oxygen atoms in total. The van der Waals surface area contributed by atoms with Crippen molar-refractivity contribution in [3.8, 4) is 0 Å². The molecule has 0 fully saturated rings. The van der Waals surface area contributed by atoms with E-state index in [0.29, 0.717) is 5.69 Å². The van der Waals surface area contributed by atoms with E-state index in [2.05, 4.69) is 5.32 Å². The lowest BCUT2D eigenvalue weighted by atomic mass is 10.3. The van der Waals surface area contributed by atoms with E-state index in [1.54, 1.807) is 17.8 Å². The van der Waals surface area contributed by atoms with Gasteiger partial charge in [0, 0.05) is 22.9 Å². The Morgan fingerprint density at radius 2 is 2.31 bits per heavy atom. The van der Waals surface area contributed by atoms with Crippen molar-refractivity contribution in [3.05, 3.63) is 24.0 Å². The first-order valence-electron chi connectivity index (χ1n) is 4.06. The Hall–Kier alpha value is -0.740. The van der Waals surface area contributed by atoms with Crippen LogP contribution in [0.2, 0.25) is 0 Å². The fraction of sp³-hybridized carbons (Fsp3) is 0.333. The van der Waals surface area contributed by atoms with Crippen LogP contribution in [0.3, 0.4) is 0 Å². The van der Waals surface area contributed by atoms with Crippen LogP contribution in [0.25, 0.3) is 0 Å². The minimum atomic E-state index is -0.235. The molecule has 0 unspecified atom stereocenters. The summed E-state index contributed by atoms with van der Waals surface area (Å²) in [6, 6.07) is 4.43. The number of nitrogens with one attached hydrogen (secondary N) is 1. The van der Waals surface area contributed by atoms with Gasteiger partial charge in [0.05, 0.1) is 0 Å². The molecule has 0 aliphatic rings. The second-order valence-corrected chi connectivity index (χ2v) is 3.77. The summed E-state index contributed by atoms with van der Waals surface area (Å²) in [4.78, 5) is 0.815. The van der Waals surface area contributed by atoms with E-state index in [1.807, 2.05) is 7.05 Å². The average molecular weight is 200 g/mol. The summed E-state index contributed by atoms with van der Waals surface area (Å²) in [6.07, 6.45) is 0. The third-order valence-electron chi connectivity index (χ3n) is 1.59. The Bertz CT molecular complexity index is 278. The number of anilines is 1. The van der Waals surface area contributed by atoms with Crippen LogP contribution in [0, 0.1) is 5.82 Å². The molecule has 0 aliphatic carbocycles. The summed E-state index contributed by atoms with van der Waals surface area (Å²) in [7, 11) is 1.88. The van der Waals surface area contributed by atoms with Crippen molar-refractivity contribution in [2.75, 3.05) is 25.1 Å². The van der Waals surface area contributed by atoms with E-state index in [9.17, 15) is 4.39 Å². The van der Waals surface area contributed by atoms with E-state index in [1.165, 1.54) is 12.1 Å². The van der Waals surface area contributed by atoms with Crippen LogP contribution in [0.1, 0.15) is 0 Å². The van der Waals surface area contributed by atoms with Crippen molar-refractivity contribution >= 4 is 17.4 Å². The highest BCUT2D eigenvalue weighted by atomic mass is 32.2. The van der Waals surface area contributed by atoms with Crippen LogP contribution in [0.4, 0.5) is 10.1 Å². The van der Waals surface area contributed by atoms with Crippen molar-refractivity contribution in [1.29, 1.82) is 0 Å². The topological polar surface area (TPSA) is 38.0 Å². The molecule has 72 valence electrons. The number of nitrogens with two attached hydrogens (primary N) is 1. The molecule has 0 aromatic heterocycles. The highest BCUT2D eigenvalue weighted by molar-refractivity contribution is 7.99. The van der Waals surface area contributed by atoms with E-state index in [-0.39, 0.29) is 5.82 Å². The molecule has 1 aromatic carbocycles. The molecule has 0 atom stereocenters. The van der Waals surface area contributed by atoms with Crippen molar-refractivity contribution in [2.24, 2.45) is 0 Å². The monoisotopic (exact) mass is 200 g/mol. The maximum atomic E-state index is 12.8. The van der Waals surface area contributed by atoms with Gasteiger partial charge in [0.25, 0.3) is 0 Å². The molecule has 13 heavy (non-hydrogen) atoms. The Morgan fingerprint density at radius 3 is 3.00 bits per heavy atom. The predicted molar refractivity (Wildman–Crippen MR) is 55.5 cm³/mol. The quantitative estimate of drug-likeness (QED) is 0.441. The number of rotatable bonds is 4. The second kappa shape index (κ2) is 5.09. The maximum Gasteiger partial charge on any atom is 0.124 e. The van der Waals surface area contributed by atoms with Gasteiger partial charge in [-0.3, -0.25) is 0 Å². The van der Waals surface area contributed by atoms with Crippen LogP contribution in [-0.4, -0.2) is 19.3 Å². The molecule has 0 heterocycles. The third kappa shape index (κ3) is 3.24. The minimum absolute atomic E-state index is 0.235. The lowest BCUT2D eigenvalue weighted by molar-refractivity contribution is 0.624. The first-order chi connectivity index (χ1) is 6.24. The number of hydrogen-bond donors (Lipinski definition) is 2. The van der Waals surface area contributed by atoms with Gasteiger partial charge in [0.1, 0.15) is 5.82 Å². The largest absolute Gasteiger partial charge is 0.398 e. The van der Waals surface area contributed by atoms with Gasteiger partial charge in [-0.05, 0) is 25.2 Å². The third-order valence-corrected chi connectivity index (χ3v) is 2.66. The van der Waals surface area contributed by atoms with Crippen LogP contribution in [0.15, 0.2) is 23.1 Å². The Kier molecular flexibility index (Phi) is 4.05. The summed E-state index contributed by atoms with van der Waals surface area (Å²) in [5, 5.41) is 3.02. The smallest absolute Gasteiger partial charge is 0.124 e. The standard InChI is InChI=1S/C9H13FN2S/c1-12-4-5-13-9-6-7(10)2-3-8(9)11/h2-3,6,12H,4-5,11H2,1H3. The molecule has 0 saturated heterocycles. The highest BCUT2D eigenvalue weighted by Crippen LogP contribution is 2.24. The van der Waals surface area contributed by atoms with E-state index >= 15 is 0 Å². The van der Waals surface area contributed by atoms with Gasteiger partial charge >= 0.3 is 0 Å². The zero-order chi connectivity index (χ0) is 9.68. The van der Waals surface area contributed by atoms with Gasteiger partial charge in [0.15, 0.2) is 0 Å². The number of nitrogen functional groups attached to an aromatic ring is 1. The summed E-state index contributed by atoms with van der Waals surface area (Å²) in [5.74, 6) is 0.658. The van der Waals surface area contributed by atoms with E-state index in [4.69, 9.17) is 5.73 Å². The maximum absolute atomic E-state index is 12.8. The first-order valence-corrected chi connectivity index (χ1v) is 5.05.